The largest absolute Gasteiger partial charge is 0.394 e. The van der Waals surface area contributed by atoms with Gasteiger partial charge in [0.05, 0.1) is 6.61 Å². The van der Waals surface area contributed by atoms with Crippen LogP contribution in [0.3, 0.4) is 0 Å². The zero-order valence-corrected chi connectivity index (χ0v) is 12.2. The lowest BCUT2D eigenvalue weighted by Gasteiger charge is -2.49. The van der Waals surface area contributed by atoms with Crippen LogP contribution in [0.5, 0.6) is 0 Å². The molecule has 2 aliphatic rings. The lowest BCUT2D eigenvalue weighted by molar-refractivity contribution is 0.00839. The van der Waals surface area contributed by atoms with Crippen LogP contribution in [0.15, 0.2) is 0 Å². The number of hydrogen-bond donors (Lipinski definition) is 2. The average Bonchev–Trinajstić information content (AvgIpc) is 2.27. The van der Waals surface area contributed by atoms with Gasteiger partial charge in [-0.15, -0.1) is 0 Å². The molecule has 3 nitrogen and oxygen atoms in total. The molecular weight excluding hydrogens is 226 g/mol. The number of rotatable bonds is 3. The van der Waals surface area contributed by atoms with E-state index in [4.69, 9.17) is 4.74 Å². The molecule has 18 heavy (non-hydrogen) atoms. The lowest BCUT2D eigenvalue weighted by Crippen LogP contribution is -2.59. The summed E-state index contributed by atoms with van der Waals surface area (Å²) in [6.45, 7) is 8.96. The van der Waals surface area contributed by atoms with Crippen LogP contribution in [0.2, 0.25) is 0 Å². The summed E-state index contributed by atoms with van der Waals surface area (Å²) in [5, 5.41) is 13.7. The highest BCUT2D eigenvalue weighted by molar-refractivity contribution is 5.00. The Morgan fingerprint density at radius 1 is 1.22 bits per heavy atom. The minimum Gasteiger partial charge on any atom is -0.394 e. The maximum absolute atomic E-state index is 9.93. The molecule has 2 N–H and O–H groups in total. The summed E-state index contributed by atoms with van der Waals surface area (Å²) in [4.78, 5) is 0. The van der Waals surface area contributed by atoms with E-state index in [1.165, 1.54) is 6.42 Å². The fourth-order valence-electron chi connectivity index (χ4n) is 4.29. The third-order valence-corrected chi connectivity index (χ3v) is 4.49. The Bertz CT molecular complexity index is 274. The zero-order chi connectivity index (χ0) is 13.2. The van der Waals surface area contributed by atoms with Gasteiger partial charge < -0.3 is 15.2 Å². The summed E-state index contributed by atoms with van der Waals surface area (Å²) in [5.41, 5.74) is 0.266. The third kappa shape index (κ3) is 3.46. The Hall–Kier alpha value is -0.120. The second kappa shape index (κ2) is 5.48. The van der Waals surface area contributed by atoms with Gasteiger partial charge in [0.2, 0.25) is 0 Å². The van der Waals surface area contributed by atoms with Crippen molar-refractivity contribution < 1.29 is 9.84 Å². The molecule has 0 aromatic rings. The minimum atomic E-state index is -0.0663. The number of nitrogens with one attached hydrogen (secondary N) is 1. The number of aliphatic hydroxyl groups is 1. The first-order valence-corrected chi connectivity index (χ1v) is 7.41. The summed E-state index contributed by atoms with van der Waals surface area (Å²) in [6.07, 6.45) is 5.61. The predicted octanol–water partition coefficient (Wildman–Crippen LogP) is 2.33. The summed E-state index contributed by atoms with van der Waals surface area (Å²) in [7, 11) is 0. The van der Waals surface area contributed by atoms with Crippen molar-refractivity contribution in [3.63, 3.8) is 0 Å². The van der Waals surface area contributed by atoms with E-state index in [0.717, 1.165) is 38.9 Å². The smallest absolute Gasteiger partial charge is 0.0613 e. The molecule has 0 aromatic carbocycles. The van der Waals surface area contributed by atoms with Gasteiger partial charge in [-0.2, -0.15) is 0 Å². The zero-order valence-electron chi connectivity index (χ0n) is 12.2. The Balaban J connectivity index is 2.04. The SMILES string of the molecule is C[C@@H]1CC(C)(C)C[C@](CO)(NC2CCOCC2)C1. The summed E-state index contributed by atoms with van der Waals surface area (Å²) in [6, 6.07) is 0.520. The molecular formula is C15H29NO2. The number of hydrogen-bond acceptors (Lipinski definition) is 3. The van der Waals surface area contributed by atoms with Crippen LogP contribution in [0.25, 0.3) is 0 Å². The molecule has 0 spiro atoms. The second-order valence-electron chi connectivity index (χ2n) is 7.32. The van der Waals surface area contributed by atoms with Crippen LogP contribution < -0.4 is 5.32 Å². The minimum absolute atomic E-state index is 0.0663. The summed E-state index contributed by atoms with van der Waals surface area (Å²) >= 11 is 0. The van der Waals surface area contributed by atoms with Gasteiger partial charge in [0, 0.05) is 24.8 Å². The molecule has 2 atom stereocenters. The normalized spacial score (nSPS) is 37.7. The van der Waals surface area contributed by atoms with E-state index in [0.29, 0.717) is 17.4 Å². The van der Waals surface area contributed by atoms with Crippen molar-refractivity contribution in [1.82, 2.24) is 5.32 Å². The molecule has 0 unspecified atom stereocenters. The Kier molecular flexibility index (Phi) is 4.35. The predicted molar refractivity (Wildman–Crippen MR) is 73.6 cm³/mol. The van der Waals surface area contributed by atoms with E-state index in [2.05, 4.69) is 26.1 Å². The molecule has 2 rings (SSSR count). The highest BCUT2D eigenvalue weighted by Gasteiger charge is 2.43. The molecule has 0 amide bonds. The van der Waals surface area contributed by atoms with Gasteiger partial charge in [-0.05, 0) is 43.4 Å². The summed E-state index contributed by atoms with van der Waals surface area (Å²) < 4.78 is 5.42. The Morgan fingerprint density at radius 2 is 1.89 bits per heavy atom. The topological polar surface area (TPSA) is 41.5 Å². The van der Waals surface area contributed by atoms with Gasteiger partial charge in [0.25, 0.3) is 0 Å². The van der Waals surface area contributed by atoms with Gasteiger partial charge in [-0.25, -0.2) is 0 Å². The van der Waals surface area contributed by atoms with Crippen LogP contribution in [0.1, 0.15) is 52.9 Å². The molecule has 0 radical (unpaired) electrons. The molecule has 0 bridgehead atoms. The van der Waals surface area contributed by atoms with Crippen LogP contribution in [-0.4, -0.2) is 36.5 Å². The van der Waals surface area contributed by atoms with E-state index < -0.39 is 0 Å². The summed E-state index contributed by atoms with van der Waals surface area (Å²) in [5.74, 6) is 0.688. The fourth-order valence-corrected chi connectivity index (χ4v) is 4.29. The van der Waals surface area contributed by atoms with Crippen LogP contribution in [0.4, 0.5) is 0 Å². The van der Waals surface area contributed by atoms with Crippen molar-refractivity contribution >= 4 is 0 Å². The molecule has 1 aliphatic carbocycles. The highest BCUT2D eigenvalue weighted by Crippen LogP contribution is 2.44. The molecule has 1 heterocycles. The van der Waals surface area contributed by atoms with Crippen molar-refractivity contribution in [2.75, 3.05) is 19.8 Å². The van der Waals surface area contributed by atoms with Gasteiger partial charge in [-0.1, -0.05) is 20.8 Å². The standard InChI is InChI=1S/C15H29NO2/c1-12-8-14(2,3)10-15(9-12,11-17)16-13-4-6-18-7-5-13/h12-13,16-17H,4-11H2,1-3H3/t12-,15-/m1/s1. The van der Waals surface area contributed by atoms with E-state index in [9.17, 15) is 5.11 Å². The third-order valence-electron chi connectivity index (χ3n) is 4.49. The van der Waals surface area contributed by atoms with E-state index >= 15 is 0 Å². The van der Waals surface area contributed by atoms with Crippen molar-refractivity contribution in [2.45, 2.75) is 64.5 Å². The van der Waals surface area contributed by atoms with Gasteiger partial charge in [0.1, 0.15) is 0 Å². The molecule has 1 saturated heterocycles. The number of aliphatic hydroxyl groups excluding tert-OH is 1. The Morgan fingerprint density at radius 3 is 2.44 bits per heavy atom. The van der Waals surface area contributed by atoms with Gasteiger partial charge in [-0.3, -0.25) is 0 Å². The van der Waals surface area contributed by atoms with Crippen LogP contribution in [0, 0.1) is 11.3 Å². The molecule has 106 valence electrons. The van der Waals surface area contributed by atoms with Crippen LogP contribution >= 0.6 is 0 Å². The maximum atomic E-state index is 9.93. The van der Waals surface area contributed by atoms with Crippen LogP contribution in [-0.2, 0) is 4.74 Å². The Labute approximate surface area is 111 Å². The second-order valence-corrected chi connectivity index (χ2v) is 7.32. The molecule has 3 heteroatoms. The average molecular weight is 255 g/mol. The first kappa shape index (κ1) is 14.3. The quantitative estimate of drug-likeness (QED) is 0.813. The molecule has 2 fully saturated rings. The maximum Gasteiger partial charge on any atom is 0.0613 e. The number of ether oxygens (including phenoxy) is 1. The monoisotopic (exact) mass is 255 g/mol. The lowest BCUT2D eigenvalue weighted by atomic mass is 9.64. The van der Waals surface area contributed by atoms with Crippen molar-refractivity contribution in [1.29, 1.82) is 0 Å². The van der Waals surface area contributed by atoms with Crippen molar-refractivity contribution in [3.8, 4) is 0 Å². The highest BCUT2D eigenvalue weighted by atomic mass is 16.5. The van der Waals surface area contributed by atoms with E-state index in [-0.39, 0.29) is 12.1 Å². The van der Waals surface area contributed by atoms with Gasteiger partial charge in [0.15, 0.2) is 0 Å². The van der Waals surface area contributed by atoms with Crippen molar-refractivity contribution in [2.24, 2.45) is 11.3 Å². The molecule has 0 aromatic heterocycles. The fraction of sp³-hybridized carbons (Fsp3) is 1.00. The van der Waals surface area contributed by atoms with E-state index in [1.807, 2.05) is 0 Å². The molecule has 1 saturated carbocycles. The van der Waals surface area contributed by atoms with E-state index in [1.54, 1.807) is 0 Å². The van der Waals surface area contributed by atoms with Gasteiger partial charge >= 0.3 is 0 Å². The molecule has 1 aliphatic heterocycles. The first-order chi connectivity index (χ1) is 8.45. The van der Waals surface area contributed by atoms with Crippen molar-refractivity contribution in [3.05, 3.63) is 0 Å². The first-order valence-electron chi connectivity index (χ1n) is 7.41.